The Morgan fingerprint density at radius 3 is 2.43 bits per heavy atom. The Balaban J connectivity index is 1.64. The molecular formula is C16H21N3O3S. The van der Waals surface area contributed by atoms with E-state index in [1.807, 2.05) is 30.5 Å². The Morgan fingerprint density at radius 1 is 1.04 bits per heavy atom. The van der Waals surface area contributed by atoms with Crippen LogP contribution in [-0.4, -0.2) is 35.1 Å². The number of nitrogens with zero attached hydrogens (tertiary/aromatic N) is 2. The van der Waals surface area contributed by atoms with E-state index in [-0.39, 0.29) is 12.1 Å². The molecule has 2 aromatic heterocycles. The monoisotopic (exact) mass is 335 g/mol. The third-order valence-electron chi connectivity index (χ3n) is 4.85. The number of H-pyrrole nitrogens is 1. The van der Waals surface area contributed by atoms with Crippen LogP contribution in [0.2, 0.25) is 0 Å². The number of furan rings is 1. The van der Waals surface area contributed by atoms with Gasteiger partial charge in [0.15, 0.2) is 0 Å². The molecule has 0 unspecified atom stereocenters. The van der Waals surface area contributed by atoms with Gasteiger partial charge in [-0.05, 0) is 49.9 Å². The molecule has 2 atom stereocenters. The highest BCUT2D eigenvalue weighted by Crippen LogP contribution is 2.40. The van der Waals surface area contributed by atoms with E-state index in [4.69, 9.17) is 4.42 Å². The van der Waals surface area contributed by atoms with Gasteiger partial charge in [-0.2, -0.15) is 17.0 Å². The molecule has 0 saturated carbocycles. The minimum absolute atomic E-state index is 0.0900. The first-order valence-corrected chi connectivity index (χ1v) is 9.53. The Bertz CT molecular complexity index is 681. The van der Waals surface area contributed by atoms with Crippen molar-refractivity contribution in [2.45, 2.75) is 37.8 Å². The smallest absolute Gasteiger partial charge is 0.283 e. The van der Waals surface area contributed by atoms with E-state index >= 15 is 0 Å². The van der Waals surface area contributed by atoms with Crippen LogP contribution in [0.4, 0.5) is 0 Å². The molecule has 0 spiro atoms. The fourth-order valence-electron chi connectivity index (χ4n) is 3.79. The highest BCUT2D eigenvalue weighted by Gasteiger charge is 2.44. The quantitative estimate of drug-likeness (QED) is 0.934. The Hall–Kier alpha value is -1.57. The minimum Gasteiger partial charge on any atom is -0.468 e. The van der Waals surface area contributed by atoms with Crippen LogP contribution in [0.5, 0.6) is 0 Å². The topological polar surface area (TPSA) is 69.6 Å². The van der Waals surface area contributed by atoms with Crippen LogP contribution in [0.3, 0.4) is 0 Å². The summed E-state index contributed by atoms with van der Waals surface area (Å²) in [5.74, 6) is 0.738. The highest BCUT2D eigenvalue weighted by molar-refractivity contribution is 7.86. The number of aromatic nitrogens is 1. The maximum Gasteiger partial charge on any atom is 0.283 e. The van der Waals surface area contributed by atoms with Crippen molar-refractivity contribution in [2.24, 2.45) is 0 Å². The van der Waals surface area contributed by atoms with Gasteiger partial charge in [0.1, 0.15) is 5.76 Å². The lowest BCUT2D eigenvalue weighted by atomic mass is 10.2. The summed E-state index contributed by atoms with van der Waals surface area (Å²) < 4.78 is 35.2. The van der Waals surface area contributed by atoms with Gasteiger partial charge in [0.2, 0.25) is 0 Å². The van der Waals surface area contributed by atoms with E-state index in [2.05, 4.69) is 4.98 Å². The SMILES string of the molecule is O=S(=O)(N1CCC[C@@H]1c1ccc[nH]1)N1CCC[C@H]1c1ccco1. The number of nitrogens with one attached hydrogen (secondary N) is 1. The van der Waals surface area contributed by atoms with Crippen molar-refractivity contribution in [3.63, 3.8) is 0 Å². The summed E-state index contributed by atoms with van der Waals surface area (Å²) in [4.78, 5) is 3.17. The van der Waals surface area contributed by atoms with E-state index in [9.17, 15) is 8.42 Å². The predicted octanol–water partition coefficient (Wildman–Crippen LogP) is 2.83. The largest absolute Gasteiger partial charge is 0.468 e. The average molecular weight is 335 g/mol. The molecule has 2 saturated heterocycles. The van der Waals surface area contributed by atoms with Crippen LogP contribution in [-0.2, 0) is 10.2 Å². The number of hydrogen-bond donors (Lipinski definition) is 1. The second kappa shape index (κ2) is 5.81. The molecule has 0 bridgehead atoms. The number of aromatic amines is 1. The maximum atomic E-state index is 13.2. The fourth-order valence-corrected chi connectivity index (χ4v) is 5.86. The van der Waals surface area contributed by atoms with Gasteiger partial charge < -0.3 is 9.40 Å². The van der Waals surface area contributed by atoms with Crippen molar-refractivity contribution in [2.75, 3.05) is 13.1 Å². The molecule has 124 valence electrons. The molecule has 4 rings (SSSR count). The van der Waals surface area contributed by atoms with Gasteiger partial charge in [0, 0.05) is 25.0 Å². The van der Waals surface area contributed by atoms with E-state index < -0.39 is 10.2 Å². The molecule has 6 nitrogen and oxygen atoms in total. The van der Waals surface area contributed by atoms with Gasteiger partial charge in [-0.25, -0.2) is 0 Å². The maximum absolute atomic E-state index is 13.2. The van der Waals surface area contributed by atoms with Gasteiger partial charge in [-0.1, -0.05) is 0 Å². The molecule has 2 aliphatic rings. The normalized spacial score (nSPS) is 27.0. The summed E-state index contributed by atoms with van der Waals surface area (Å²) in [5, 5.41) is 0. The minimum atomic E-state index is -3.50. The zero-order chi connectivity index (χ0) is 15.9. The summed E-state index contributed by atoms with van der Waals surface area (Å²) in [6, 6.07) is 7.29. The second-order valence-corrected chi connectivity index (χ2v) is 8.02. The summed E-state index contributed by atoms with van der Waals surface area (Å²) in [7, 11) is -3.50. The van der Waals surface area contributed by atoms with Crippen LogP contribution in [0.25, 0.3) is 0 Å². The van der Waals surface area contributed by atoms with Crippen molar-refractivity contribution in [3.8, 4) is 0 Å². The van der Waals surface area contributed by atoms with Gasteiger partial charge >= 0.3 is 0 Å². The van der Waals surface area contributed by atoms with Crippen LogP contribution in [0.15, 0.2) is 41.1 Å². The summed E-state index contributed by atoms with van der Waals surface area (Å²) >= 11 is 0. The third kappa shape index (κ3) is 2.52. The van der Waals surface area contributed by atoms with Gasteiger partial charge in [-0.15, -0.1) is 0 Å². The molecule has 2 aromatic rings. The molecule has 2 fully saturated rings. The number of hydrogen-bond acceptors (Lipinski definition) is 3. The molecule has 1 N–H and O–H groups in total. The Morgan fingerprint density at radius 2 is 1.78 bits per heavy atom. The molecule has 2 aliphatic heterocycles. The average Bonchev–Trinajstić information content (AvgIpc) is 3.35. The molecule has 23 heavy (non-hydrogen) atoms. The molecule has 4 heterocycles. The second-order valence-electron chi connectivity index (χ2n) is 6.19. The number of rotatable bonds is 4. The van der Waals surface area contributed by atoms with E-state index in [0.29, 0.717) is 13.1 Å². The van der Waals surface area contributed by atoms with Gasteiger partial charge in [0.25, 0.3) is 10.2 Å². The lowest BCUT2D eigenvalue weighted by Gasteiger charge is -2.31. The van der Waals surface area contributed by atoms with E-state index in [1.54, 1.807) is 14.9 Å². The summed E-state index contributed by atoms with van der Waals surface area (Å²) in [5.41, 5.74) is 0.972. The molecule has 0 aromatic carbocycles. The Kier molecular flexibility index (Phi) is 3.79. The molecule has 7 heteroatoms. The fraction of sp³-hybridized carbons (Fsp3) is 0.500. The molecule has 0 amide bonds. The predicted molar refractivity (Wildman–Crippen MR) is 85.8 cm³/mol. The van der Waals surface area contributed by atoms with E-state index in [0.717, 1.165) is 37.1 Å². The zero-order valence-electron chi connectivity index (χ0n) is 12.9. The molecule has 0 aliphatic carbocycles. The van der Waals surface area contributed by atoms with Crippen molar-refractivity contribution in [1.29, 1.82) is 0 Å². The first kappa shape index (κ1) is 15.0. The summed E-state index contributed by atoms with van der Waals surface area (Å²) in [6.45, 7) is 1.13. The van der Waals surface area contributed by atoms with Gasteiger partial charge in [-0.3, -0.25) is 0 Å². The summed E-state index contributed by atoms with van der Waals surface area (Å²) in [6.07, 6.45) is 6.89. The lowest BCUT2D eigenvalue weighted by Crippen LogP contribution is -2.43. The molecule has 0 radical (unpaired) electrons. The van der Waals surface area contributed by atoms with E-state index in [1.165, 1.54) is 0 Å². The van der Waals surface area contributed by atoms with Gasteiger partial charge in [0.05, 0.1) is 18.3 Å². The first-order chi connectivity index (χ1) is 11.2. The Labute approximate surface area is 136 Å². The van der Waals surface area contributed by atoms with Crippen molar-refractivity contribution >= 4 is 10.2 Å². The standard InChI is InChI=1S/C16H21N3O3S/c20-23(21,18-10-2-6-14(18)13-5-1-9-17-13)19-11-3-7-15(19)16-8-4-12-22-16/h1,4-5,8-9,12,14-15,17H,2-3,6-7,10-11H2/t14-,15+/m1/s1. The van der Waals surface area contributed by atoms with Crippen LogP contribution in [0.1, 0.15) is 49.2 Å². The van der Waals surface area contributed by atoms with Crippen LogP contribution < -0.4 is 0 Å². The molecular weight excluding hydrogens is 314 g/mol. The highest BCUT2D eigenvalue weighted by atomic mass is 32.2. The first-order valence-electron chi connectivity index (χ1n) is 8.13. The lowest BCUT2D eigenvalue weighted by molar-refractivity contribution is 0.293. The third-order valence-corrected chi connectivity index (χ3v) is 6.91. The van der Waals surface area contributed by atoms with Crippen LogP contribution in [0, 0.1) is 0 Å². The van der Waals surface area contributed by atoms with Crippen molar-refractivity contribution in [1.82, 2.24) is 13.6 Å². The zero-order valence-corrected chi connectivity index (χ0v) is 13.7. The van der Waals surface area contributed by atoms with Crippen LogP contribution >= 0.6 is 0 Å². The van der Waals surface area contributed by atoms with Crippen molar-refractivity contribution in [3.05, 3.63) is 48.2 Å². The van der Waals surface area contributed by atoms with Crippen molar-refractivity contribution < 1.29 is 12.8 Å².